The quantitative estimate of drug-likeness (QED) is 0.767. The fraction of sp³-hybridized carbons (Fsp3) is 0.267. The highest BCUT2D eigenvalue weighted by Gasteiger charge is 2.24. The molecule has 3 rings (SSSR count). The van der Waals surface area contributed by atoms with Crippen molar-refractivity contribution >= 4 is 17.5 Å². The first kappa shape index (κ1) is 14.1. The zero-order valence-corrected chi connectivity index (χ0v) is 12.1. The average molecular weight is 300 g/mol. The van der Waals surface area contributed by atoms with Crippen molar-refractivity contribution in [3.63, 3.8) is 0 Å². The molecule has 1 aromatic carbocycles. The number of rotatable bonds is 2. The van der Waals surface area contributed by atoms with Crippen LogP contribution < -0.4 is 10.9 Å². The third-order valence-corrected chi connectivity index (χ3v) is 3.66. The normalized spacial score (nSPS) is 13.6. The van der Waals surface area contributed by atoms with Crippen LogP contribution in [0, 0.1) is 0 Å². The van der Waals surface area contributed by atoms with Crippen molar-refractivity contribution in [3.05, 3.63) is 51.4 Å². The van der Waals surface area contributed by atoms with Gasteiger partial charge in [-0.3, -0.25) is 19.5 Å². The summed E-state index contributed by atoms with van der Waals surface area (Å²) < 4.78 is 0. The lowest BCUT2D eigenvalue weighted by Crippen LogP contribution is -2.37. The van der Waals surface area contributed by atoms with Crippen LogP contribution in [0.2, 0.25) is 0 Å². The third kappa shape index (κ3) is 2.65. The van der Waals surface area contributed by atoms with E-state index in [2.05, 4.69) is 15.5 Å². The summed E-state index contributed by atoms with van der Waals surface area (Å²) in [6.07, 6.45) is 0.616. The first-order chi connectivity index (χ1) is 10.5. The third-order valence-electron chi connectivity index (χ3n) is 3.66. The fourth-order valence-corrected chi connectivity index (χ4v) is 2.61. The van der Waals surface area contributed by atoms with Gasteiger partial charge in [-0.1, -0.05) is 6.07 Å². The van der Waals surface area contributed by atoms with Gasteiger partial charge in [0, 0.05) is 36.8 Å². The summed E-state index contributed by atoms with van der Waals surface area (Å²) in [5.41, 5.74) is 2.36. The lowest BCUT2D eigenvalue weighted by molar-refractivity contribution is -0.114. The zero-order chi connectivity index (χ0) is 15.7. The maximum absolute atomic E-state index is 12.6. The zero-order valence-electron chi connectivity index (χ0n) is 12.1. The number of carbonyl (C=O) groups excluding carboxylic acids is 2. The number of aromatic amines is 2. The maximum Gasteiger partial charge on any atom is 0.269 e. The van der Waals surface area contributed by atoms with Gasteiger partial charge in [0.2, 0.25) is 5.91 Å². The predicted octanol–water partition coefficient (Wildman–Crippen LogP) is 0.860. The first-order valence-corrected chi connectivity index (χ1v) is 7.00. The van der Waals surface area contributed by atoms with Crippen LogP contribution in [0.5, 0.6) is 0 Å². The van der Waals surface area contributed by atoms with Gasteiger partial charge in [0.05, 0.1) is 12.1 Å². The Morgan fingerprint density at radius 3 is 2.86 bits per heavy atom. The second kappa shape index (κ2) is 5.51. The van der Waals surface area contributed by atoms with Crippen LogP contribution in [-0.2, 0) is 17.8 Å². The van der Waals surface area contributed by atoms with Gasteiger partial charge in [0.15, 0.2) is 0 Å². The lowest BCUT2D eigenvalue weighted by atomic mass is 10.1. The molecular weight excluding hydrogens is 284 g/mol. The second-order valence-corrected chi connectivity index (χ2v) is 5.27. The monoisotopic (exact) mass is 300 g/mol. The van der Waals surface area contributed by atoms with Crippen molar-refractivity contribution in [2.24, 2.45) is 0 Å². The molecule has 0 atom stereocenters. The molecular formula is C15H16N4O3. The number of carbonyl (C=O) groups is 2. The number of hydrogen-bond acceptors (Lipinski definition) is 3. The molecule has 2 amide bonds. The molecule has 3 N–H and O–H groups in total. The average Bonchev–Trinajstić information content (AvgIpc) is 2.87. The topological polar surface area (TPSA) is 98.1 Å². The molecule has 2 aromatic rings. The van der Waals surface area contributed by atoms with Gasteiger partial charge in [-0.15, -0.1) is 0 Å². The van der Waals surface area contributed by atoms with Crippen LogP contribution in [0.25, 0.3) is 0 Å². The minimum Gasteiger partial charge on any atom is -0.334 e. The van der Waals surface area contributed by atoms with E-state index in [-0.39, 0.29) is 23.9 Å². The number of aromatic nitrogens is 2. The van der Waals surface area contributed by atoms with Crippen molar-refractivity contribution < 1.29 is 9.59 Å². The van der Waals surface area contributed by atoms with Gasteiger partial charge >= 0.3 is 0 Å². The van der Waals surface area contributed by atoms with Crippen molar-refractivity contribution in [3.8, 4) is 0 Å². The van der Waals surface area contributed by atoms with Gasteiger partial charge in [0.25, 0.3) is 11.5 Å². The lowest BCUT2D eigenvalue weighted by Gasteiger charge is -2.26. The number of H-pyrrole nitrogens is 2. The Morgan fingerprint density at radius 1 is 1.27 bits per heavy atom. The van der Waals surface area contributed by atoms with Gasteiger partial charge in [-0.2, -0.15) is 0 Å². The first-order valence-electron chi connectivity index (χ1n) is 7.00. The molecule has 2 heterocycles. The fourth-order valence-electron chi connectivity index (χ4n) is 2.61. The van der Waals surface area contributed by atoms with Gasteiger partial charge in [-0.05, 0) is 18.2 Å². The van der Waals surface area contributed by atoms with Crippen LogP contribution in [0.1, 0.15) is 28.5 Å². The second-order valence-electron chi connectivity index (χ2n) is 5.27. The minimum atomic E-state index is -0.189. The molecule has 0 bridgehead atoms. The molecule has 1 aliphatic rings. The number of fused-ring (bicyclic) bond motifs is 1. The van der Waals surface area contributed by atoms with E-state index in [0.29, 0.717) is 29.8 Å². The molecule has 0 aliphatic carbocycles. The molecule has 0 spiro atoms. The number of amides is 2. The minimum absolute atomic E-state index is 0.154. The number of hydrogen-bond donors (Lipinski definition) is 3. The van der Waals surface area contributed by atoms with Gasteiger partial charge in [-0.25, -0.2) is 0 Å². The standard InChI is InChI=1S/C15H16N4O3/c1-9(20)16-11-4-2-3-10(7-11)15(22)19-6-5-13-12(8-19)14(21)18-17-13/h2-4,7H,5-6,8H2,1H3,(H,16,20)(H2,17,18,21). The predicted molar refractivity (Wildman–Crippen MR) is 80.6 cm³/mol. The van der Waals surface area contributed by atoms with Crippen LogP contribution >= 0.6 is 0 Å². The molecule has 1 aliphatic heterocycles. The Hall–Kier alpha value is -2.83. The molecule has 22 heavy (non-hydrogen) atoms. The van der Waals surface area contributed by atoms with Gasteiger partial charge in [0.1, 0.15) is 0 Å². The van der Waals surface area contributed by atoms with Crippen molar-refractivity contribution in [2.75, 3.05) is 11.9 Å². The summed E-state index contributed by atoms with van der Waals surface area (Å²) in [4.78, 5) is 37.0. The van der Waals surface area contributed by atoms with E-state index < -0.39 is 0 Å². The van der Waals surface area contributed by atoms with E-state index in [4.69, 9.17) is 0 Å². The Bertz CT molecular complexity index is 790. The van der Waals surface area contributed by atoms with E-state index in [9.17, 15) is 14.4 Å². The Balaban J connectivity index is 1.81. The number of benzene rings is 1. The molecule has 0 saturated heterocycles. The summed E-state index contributed by atoms with van der Waals surface area (Å²) in [7, 11) is 0. The largest absolute Gasteiger partial charge is 0.334 e. The van der Waals surface area contributed by atoms with E-state index in [1.54, 1.807) is 29.2 Å². The van der Waals surface area contributed by atoms with Crippen LogP contribution in [0.4, 0.5) is 5.69 Å². The van der Waals surface area contributed by atoms with Crippen molar-refractivity contribution in [1.82, 2.24) is 15.1 Å². The Morgan fingerprint density at radius 2 is 2.09 bits per heavy atom. The van der Waals surface area contributed by atoms with Crippen molar-refractivity contribution in [2.45, 2.75) is 19.9 Å². The molecule has 0 unspecified atom stereocenters. The molecule has 0 fully saturated rings. The summed E-state index contributed by atoms with van der Waals surface area (Å²) in [5, 5.41) is 8.03. The molecule has 1 aromatic heterocycles. The van der Waals surface area contributed by atoms with Crippen LogP contribution in [0.3, 0.4) is 0 Å². The highest BCUT2D eigenvalue weighted by atomic mass is 16.2. The summed E-state index contributed by atoms with van der Waals surface area (Å²) in [5.74, 6) is -0.343. The maximum atomic E-state index is 12.6. The summed E-state index contributed by atoms with van der Waals surface area (Å²) >= 11 is 0. The van der Waals surface area contributed by atoms with Crippen LogP contribution in [-0.4, -0.2) is 33.5 Å². The van der Waals surface area contributed by atoms with E-state index in [1.807, 2.05) is 0 Å². The molecule has 7 nitrogen and oxygen atoms in total. The smallest absolute Gasteiger partial charge is 0.269 e. The highest BCUT2D eigenvalue weighted by molar-refractivity contribution is 5.96. The number of anilines is 1. The Kier molecular flexibility index (Phi) is 3.54. The van der Waals surface area contributed by atoms with E-state index >= 15 is 0 Å². The SMILES string of the molecule is CC(=O)Nc1cccc(C(=O)N2CCc3[nH][nH]c(=O)c3C2)c1. The van der Waals surface area contributed by atoms with Gasteiger partial charge < -0.3 is 15.3 Å². The summed E-state index contributed by atoms with van der Waals surface area (Å²) in [6, 6.07) is 6.78. The number of nitrogens with one attached hydrogen (secondary N) is 3. The molecule has 114 valence electrons. The van der Waals surface area contributed by atoms with E-state index in [1.165, 1.54) is 6.92 Å². The Labute approximate surface area is 126 Å². The molecule has 0 saturated carbocycles. The number of nitrogens with zero attached hydrogens (tertiary/aromatic N) is 1. The summed E-state index contributed by atoms with van der Waals surface area (Å²) in [6.45, 7) is 2.25. The molecule has 7 heteroatoms. The molecule has 0 radical (unpaired) electrons. The van der Waals surface area contributed by atoms with Crippen LogP contribution in [0.15, 0.2) is 29.1 Å². The highest BCUT2D eigenvalue weighted by Crippen LogP contribution is 2.18. The van der Waals surface area contributed by atoms with E-state index in [0.717, 1.165) is 5.69 Å². The van der Waals surface area contributed by atoms with Crippen molar-refractivity contribution in [1.29, 1.82) is 0 Å².